The number of ether oxygens (including phenoxy) is 1. The van der Waals surface area contributed by atoms with Crippen LogP contribution >= 0.6 is 0 Å². The molecule has 0 radical (unpaired) electrons. The maximum Gasteiger partial charge on any atom is 0.372 e. The van der Waals surface area contributed by atoms with Gasteiger partial charge in [-0.1, -0.05) is 30.3 Å². The van der Waals surface area contributed by atoms with E-state index in [2.05, 4.69) is 15.0 Å². The first kappa shape index (κ1) is 9.71. The van der Waals surface area contributed by atoms with Crippen molar-refractivity contribution >= 4 is 23.5 Å². The molecule has 2 aliphatic heterocycles. The Bertz CT molecular complexity index is 574. The Labute approximate surface area is 96.5 Å². The van der Waals surface area contributed by atoms with E-state index in [9.17, 15) is 4.79 Å². The van der Waals surface area contributed by atoms with E-state index in [0.717, 1.165) is 5.56 Å². The van der Waals surface area contributed by atoms with Crippen LogP contribution in [0.4, 0.5) is 4.79 Å². The van der Waals surface area contributed by atoms with Crippen molar-refractivity contribution in [1.29, 1.82) is 0 Å². The Hall–Kier alpha value is -2.50. The van der Waals surface area contributed by atoms with Crippen LogP contribution in [0.2, 0.25) is 0 Å². The van der Waals surface area contributed by atoms with Crippen LogP contribution < -0.4 is 5.73 Å². The molecule has 0 saturated carbocycles. The van der Waals surface area contributed by atoms with Gasteiger partial charge in [-0.25, -0.2) is 9.79 Å². The largest absolute Gasteiger partial charge is 0.446 e. The first-order chi connectivity index (χ1) is 8.24. The van der Waals surface area contributed by atoms with Crippen molar-refractivity contribution in [2.75, 3.05) is 0 Å². The highest BCUT2D eigenvalue weighted by Crippen LogP contribution is 2.25. The van der Waals surface area contributed by atoms with Crippen LogP contribution in [0, 0.1) is 0 Å². The maximum absolute atomic E-state index is 11.1. The number of hydrogen-bond donors (Lipinski definition) is 1. The zero-order chi connectivity index (χ0) is 11.8. The summed E-state index contributed by atoms with van der Waals surface area (Å²) in [6, 6.07) is 8.75. The maximum atomic E-state index is 11.1. The number of rotatable bonds is 1. The minimum atomic E-state index is -0.662. The molecule has 0 saturated heterocycles. The number of carbonyl (C=O) groups is 1. The number of amides is 2. The third kappa shape index (κ3) is 1.59. The van der Waals surface area contributed by atoms with Gasteiger partial charge in [0, 0.05) is 5.56 Å². The molecule has 17 heavy (non-hydrogen) atoms. The molecule has 1 aromatic rings. The molecule has 6 nitrogen and oxygen atoms in total. The van der Waals surface area contributed by atoms with Crippen LogP contribution in [0.3, 0.4) is 0 Å². The summed E-state index contributed by atoms with van der Waals surface area (Å²) in [6.45, 7) is 0. The first-order valence-corrected chi connectivity index (χ1v) is 5.01. The van der Waals surface area contributed by atoms with Crippen LogP contribution in [0.25, 0.3) is 0 Å². The van der Waals surface area contributed by atoms with Crippen LogP contribution in [0.15, 0.2) is 45.3 Å². The average molecular weight is 228 g/mol. The molecule has 1 atom stereocenters. The normalized spacial score (nSPS) is 22.2. The number of hydrogen-bond acceptors (Lipinski definition) is 4. The molecule has 0 bridgehead atoms. The smallest absolute Gasteiger partial charge is 0.372 e. The fourth-order valence-corrected chi connectivity index (χ4v) is 1.64. The summed E-state index contributed by atoms with van der Waals surface area (Å²) < 4.78 is 5.46. The highest BCUT2D eigenvalue weighted by molar-refractivity contribution is 6.69. The Kier molecular flexibility index (Phi) is 2.01. The number of urea groups is 1. The van der Waals surface area contributed by atoms with Gasteiger partial charge in [0.1, 0.15) is 0 Å². The molecule has 2 N–H and O–H groups in total. The lowest BCUT2D eigenvalue weighted by atomic mass is 10.2. The van der Waals surface area contributed by atoms with Gasteiger partial charge in [0.25, 0.3) is 5.90 Å². The molecule has 2 aliphatic rings. The molecule has 0 fully saturated rings. The van der Waals surface area contributed by atoms with Gasteiger partial charge in [0.2, 0.25) is 6.23 Å². The van der Waals surface area contributed by atoms with E-state index in [1.54, 1.807) is 0 Å². The van der Waals surface area contributed by atoms with Gasteiger partial charge in [-0.3, -0.25) is 0 Å². The molecular weight excluding hydrogens is 220 g/mol. The van der Waals surface area contributed by atoms with E-state index in [0.29, 0.717) is 5.71 Å². The van der Waals surface area contributed by atoms with Crippen molar-refractivity contribution in [3.63, 3.8) is 0 Å². The molecule has 1 aromatic carbocycles. The summed E-state index contributed by atoms with van der Waals surface area (Å²) in [5.41, 5.74) is 6.81. The fourth-order valence-electron chi connectivity index (χ4n) is 1.64. The molecule has 3 rings (SSSR count). The van der Waals surface area contributed by atoms with Gasteiger partial charge in [-0.05, 0) is 0 Å². The Morgan fingerprint density at radius 3 is 2.71 bits per heavy atom. The molecule has 0 aromatic heterocycles. The number of amidine groups is 1. The Morgan fingerprint density at radius 2 is 1.94 bits per heavy atom. The predicted molar refractivity (Wildman–Crippen MR) is 62.2 cm³/mol. The second-order valence-corrected chi connectivity index (χ2v) is 3.56. The van der Waals surface area contributed by atoms with E-state index >= 15 is 0 Å². The lowest BCUT2D eigenvalue weighted by Crippen LogP contribution is -2.33. The summed E-state index contributed by atoms with van der Waals surface area (Å²) in [6.07, 6.45) is -0.510. The number of nitrogens with zero attached hydrogens (tertiary/aromatic N) is 3. The monoisotopic (exact) mass is 228 g/mol. The zero-order valence-corrected chi connectivity index (χ0v) is 8.70. The number of nitrogens with two attached hydrogens (primary N) is 1. The molecule has 2 amide bonds. The summed E-state index contributed by atoms with van der Waals surface area (Å²) in [5, 5.41) is 0. The van der Waals surface area contributed by atoms with Crippen molar-refractivity contribution in [3.8, 4) is 0 Å². The number of aliphatic imine (C=N–C) groups is 3. The minimum absolute atomic E-state index is 0.0541. The summed E-state index contributed by atoms with van der Waals surface area (Å²) in [7, 11) is 0. The van der Waals surface area contributed by atoms with Gasteiger partial charge in [0.15, 0.2) is 11.5 Å². The lowest BCUT2D eigenvalue weighted by molar-refractivity contribution is 0.219. The SMILES string of the molecule is NC1=NC(=O)N=C2OC(c3ccccc3)N=C12. The zero-order valence-electron chi connectivity index (χ0n) is 8.70. The molecule has 0 spiro atoms. The number of fused-ring (bicyclic) bond motifs is 1. The second-order valence-electron chi connectivity index (χ2n) is 3.56. The van der Waals surface area contributed by atoms with Gasteiger partial charge in [0.05, 0.1) is 0 Å². The van der Waals surface area contributed by atoms with Crippen molar-refractivity contribution in [1.82, 2.24) is 0 Å². The van der Waals surface area contributed by atoms with Gasteiger partial charge in [-0.2, -0.15) is 9.98 Å². The van der Waals surface area contributed by atoms with Gasteiger partial charge >= 0.3 is 6.03 Å². The molecule has 6 heteroatoms. The predicted octanol–water partition coefficient (Wildman–Crippen LogP) is 1.05. The summed E-state index contributed by atoms with van der Waals surface area (Å²) >= 11 is 0. The van der Waals surface area contributed by atoms with E-state index in [1.165, 1.54) is 0 Å². The molecule has 84 valence electrons. The van der Waals surface area contributed by atoms with E-state index < -0.39 is 12.3 Å². The molecule has 2 heterocycles. The highest BCUT2D eigenvalue weighted by Gasteiger charge is 2.32. The Balaban J connectivity index is 1.98. The topological polar surface area (TPSA) is 89.4 Å². The van der Waals surface area contributed by atoms with E-state index in [-0.39, 0.29) is 11.7 Å². The van der Waals surface area contributed by atoms with Crippen molar-refractivity contribution in [2.24, 2.45) is 20.7 Å². The Morgan fingerprint density at radius 1 is 1.18 bits per heavy atom. The van der Waals surface area contributed by atoms with Crippen LogP contribution in [0.5, 0.6) is 0 Å². The van der Waals surface area contributed by atoms with E-state index in [4.69, 9.17) is 10.5 Å². The fraction of sp³-hybridized carbons (Fsp3) is 0.0909. The molecule has 1 unspecified atom stereocenters. The third-order valence-corrected chi connectivity index (χ3v) is 2.41. The highest BCUT2D eigenvalue weighted by atomic mass is 16.5. The second kappa shape index (κ2) is 3.51. The lowest BCUT2D eigenvalue weighted by Gasteiger charge is -2.08. The van der Waals surface area contributed by atoms with Crippen molar-refractivity contribution in [3.05, 3.63) is 35.9 Å². The minimum Gasteiger partial charge on any atom is -0.446 e. The van der Waals surface area contributed by atoms with Gasteiger partial charge < -0.3 is 10.5 Å². The van der Waals surface area contributed by atoms with Crippen molar-refractivity contribution in [2.45, 2.75) is 6.23 Å². The van der Waals surface area contributed by atoms with Gasteiger partial charge in [-0.15, -0.1) is 0 Å². The van der Waals surface area contributed by atoms with Crippen LogP contribution in [-0.2, 0) is 4.74 Å². The van der Waals surface area contributed by atoms with E-state index in [1.807, 2.05) is 30.3 Å². The van der Waals surface area contributed by atoms with Crippen LogP contribution in [-0.4, -0.2) is 23.5 Å². The first-order valence-electron chi connectivity index (χ1n) is 5.01. The molecular formula is C11H8N4O2. The standard InChI is InChI=1S/C11H8N4O2/c12-8-7-10(15-11(16)14-8)17-9(13-7)6-4-2-1-3-5-6/h1-5,9H,(H2,12,14,16). The quantitative estimate of drug-likeness (QED) is 0.778. The average Bonchev–Trinajstić information content (AvgIpc) is 2.74. The summed E-state index contributed by atoms with van der Waals surface area (Å²) in [4.78, 5) is 22.5. The van der Waals surface area contributed by atoms with Crippen LogP contribution in [0.1, 0.15) is 11.8 Å². The van der Waals surface area contributed by atoms with Crippen molar-refractivity contribution < 1.29 is 9.53 Å². The summed E-state index contributed by atoms with van der Waals surface area (Å²) in [5.74, 6) is 0.204. The molecule has 0 aliphatic carbocycles. The third-order valence-electron chi connectivity index (χ3n) is 2.41. The number of benzene rings is 1. The number of carbonyl (C=O) groups excluding carboxylic acids is 1.